The maximum atomic E-state index is 6.44. The number of fused-ring (bicyclic) bond motifs is 1. The van der Waals surface area contributed by atoms with Crippen LogP contribution < -0.4 is 4.90 Å². The third-order valence-electron chi connectivity index (χ3n) is 4.28. The molecule has 3 aromatic rings. The monoisotopic (exact) mass is 343 g/mol. The van der Waals surface area contributed by atoms with E-state index < -0.39 is 0 Å². The number of benzene rings is 1. The summed E-state index contributed by atoms with van der Waals surface area (Å²) in [5.41, 5.74) is 2.97. The Morgan fingerprint density at radius 2 is 1.70 bits per heavy atom. The van der Waals surface area contributed by atoms with Gasteiger partial charge in [0.25, 0.3) is 0 Å². The van der Waals surface area contributed by atoms with E-state index in [-0.39, 0.29) is 0 Å². The van der Waals surface area contributed by atoms with Crippen molar-refractivity contribution in [3.63, 3.8) is 0 Å². The summed E-state index contributed by atoms with van der Waals surface area (Å²) >= 11 is 12.6. The zero-order valence-corrected chi connectivity index (χ0v) is 14.0. The maximum Gasteiger partial charge on any atom is 0.129 e. The van der Waals surface area contributed by atoms with Crippen molar-refractivity contribution in [3.05, 3.63) is 52.8 Å². The molecule has 1 saturated heterocycles. The van der Waals surface area contributed by atoms with E-state index in [0.717, 1.165) is 40.9 Å². The lowest BCUT2D eigenvalue weighted by Crippen LogP contribution is -2.19. The van der Waals surface area contributed by atoms with Gasteiger partial charge in [-0.3, -0.25) is 4.98 Å². The highest BCUT2D eigenvalue weighted by Gasteiger charge is 2.18. The molecule has 0 radical (unpaired) electrons. The number of halogens is 2. The van der Waals surface area contributed by atoms with Crippen LogP contribution in [0.15, 0.2) is 42.7 Å². The molecule has 0 bridgehead atoms. The van der Waals surface area contributed by atoms with Crippen molar-refractivity contribution in [1.82, 2.24) is 9.97 Å². The van der Waals surface area contributed by atoms with Gasteiger partial charge in [-0.2, -0.15) is 0 Å². The lowest BCUT2D eigenvalue weighted by Gasteiger charge is -2.19. The summed E-state index contributed by atoms with van der Waals surface area (Å²) in [6.07, 6.45) is 6.00. The van der Waals surface area contributed by atoms with E-state index in [1.54, 1.807) is 12.4 Å². The van der Waals surface area contributed by atoms with Crippen LogP contribution in [0.2, 0.25) is 10.0 Å². The molecule has 0 aliphatic carbocycles. The van der Waals surface area contributed by atoms with Gasteiger partial charge in [0.05, 0.1) is 15.6 Å². The third kappa shape index (κ3) is 2.64. The van der Waals surface area contributed by atoms with Gasteiger partial charge in [0.1, 0.15) is 5.82 Å². The highest BCUT2D eigenvalue weighted by molar-refractivity contribution is 6.45. The Morgan fingerprint density at radius 3 is 2.43 bits per heavy atom. The third-order valence-corrected chi connectivity index (χ3v) is 5.07. The Morgan fingerprint density at radius 1 is 0.957 bits per heavy atom. The van der Waals surface area contributed by atoms with E-state index in [9.17, 15) is 0 Å². The number of rotatable bonds is 2. The van der Waals surface area contributed by atoms with Gasteiger partial charge in [-0.15, -0.1) is 0 Å². The van der Waals surface area contributed by atoms with Crippen molar-refractivity contribution < 1.29 is 0 Å². The van der Waals surface area contributed by atoms with Gasteiger partial charge < -0.3 is 4.90 Å². The summed E-state index contributed by atoms with van der Waals surface area (Å²) in [6, 6.07) is 9.97. The van der Waals surface area contributed by atoms with Crippen LogP contribution in [0.4, 0.5) is 5.82 Å². The van der Waals surface area contributed by atoms with Crippen molar-refractivity contribution in [3.8, 4) is 11.1 Å². The summed E-state index contributed by atoms with van der Waals surface area (Å²) in [5, 5.41) is 2.06. The molecule has 3 nitrogen and oxygen atoms in total. The fourth-order valence-electron chi connectivity index (χ4n) is 3.10. The van der Waals surface area contributed by atoms with Crippen molar-refractivity contribution in [2.45, 2.75) is 12.8 Å². The minimum absolute atomic E-state index is 0.514. The minimum atomic E-state index is 0.514. The van der Waals surface area contributed by atoms with Crippen molar-refractivity contribution in [1.29, 1.82) is 0 Å². The number of hydrogen-bond acceptors (Lipinski definition) is 3. The van der Waals surface area contributed by atoms with Crippen LogP contribution in [-0.2, 0) is 0 Å². The van der Waals surface area contributed by atoms with Crippen LogP contribution in [0.5, 0.6) is 0 Å². The molecule has 0 atom stereocenters. The molecule has 0 unspecified atom stereocenters. The van der Waals surface area contributed by atoms with E-state index in [0.29, 0.717) is 10.0 Å². The average Bonchev–Trinajstić information content (AvgIpc) is 3.13. The van der Waals surface area contributed by atoms with E-state index in [2.05, 4.69) is 16.0 Å². The molecule has 1 aliphatic heterocycles. The van der Waals surface area contributed by atoms with Gasteiger partial charge >= 0.3 is 0 Å². The summed E-state index contributed by atoms with van der Waals surface area (Å²) in [5.74, 6) is 0.964. The van der Waals surface area contributed by atoms with E-state index in [4.69, 9.17) is 28.2 Å². The summed E-state index contributed by atoms with van der Waals surface area (Å²) in [6.45, 7) is 2.07. The molecule has 0 spiro atoms. The van der Waals surface area contributed by atoms with Gasteiger partial charge in [-0.1, -0.05) is 29.3 Å². The molecule has 0 amide bonds. The van der Waals surface area contributed by atoms with Crippen molar-refractivity contribution in [2.75, 3.05) is 18.0 Å². The van der Waals surface area contributed by atoms with Gasteiger partial charge in [0.15, 0.2) is 0 Å². The SMILES string of the molecule is Clc1ccc2c(-c3ccncc3)cc(N3CCCC3)nc2c1Cl. The zero-order valence-electron chi connectivity index (χ0n) is 12.5. The Kier molecular flexibility index (Phi) is 3.83. The number of hydrogen-bond donors (Lipinski definition) is 0. The van der Waals surface area contributed by atoms with Crippen LogP contribution in [0.25, 0.3) is 22.0 Å². The molecule has 3 heterocycles. The molecular formula is C18H15Cl2N3. The second-order valence-corrected chi connectivity index (χ2v) is 6.50. The molecule has 1 aromatic carbocycles. The van der Waals surface area contributed by atoms with Crippen molar-refractivity contribution >= 4 is 39.9 Å². The highest BCUT2D eigenvalue weighted by Crippen LogP contribution is 2.37. The van der Waals surface area contributed by atoms with Gasteiger partial charge in [0.2, 0.25) is 0 Å². The molecular weight excluding hydrogens is 329 g/mol. The molecule has 1 aliphatic rings. The first-order chi connectivity index (χ1) is 11.2. The van der Waals surface area contributed by atoms with Crippen LogP contribution in [0.3, 0.4) is 0 Å². The number of anilines is 1. The van der Waals surface area contributed by atoms with Crippen LogP contribution in [0.1, 0.15) is 12.8 Å². The maximum absolute atomic E-state index is 6.44. The topological polar surface area (TPSA) is 29.0 Å². The normalized spacial score (nSPS) is 14.6. The first kappa shape index (κ1) is 14.7. The quantitative estimate of drug-likeness (QED) is 0.639. The summed E-state index contributed by atoms with van der Waals surface area (Å²) < 4.78 is 0. The lowest BCUT2D eigenvalue weighted by atomic mass is 10.0. The fraction of sp³-hybridized carbons (Fsp3) is 0.222. The molecule has 1 fully saturated rings. The van der Waals surface area contributed by atoms with E-state index in [1.807, 2.05) is 24.3 Å². The first-order valence-electron chi connectivity index (χ1n) is 7.68. The number of pyridine rings is 2. The zero-order chi connectivity index (χ0) is 15.8. The van der Waals surface area contributed by atoms with Gasteiger partial charge in [-0.25, -0.2) is 4.98 Å². The number of nitrogens with zero attached hydrogens (tertiary/aromatic N) is 3. The minimum Gasteiger partial charge on any atom is -0.357 e. The Hall–Kier alpha value is -1.84. The molecule has 23 heavy (non-hydrogen) atoms. The summed E-state index contributed by atoms with van der Waals surface area (Å²) in [7, 11) is 0. The van der Waals surface area contributed by atoms with Gasteiger partial charge in [0, 0.05) is 30.9 Å². The second kappa shape index (κ2) is 5.99. The highest BCUT2D eigenvalue weighted by atomic mass is 35.5. The molecule has 116 valence electrons. The van der Waals surface area contributed by atoms with E-state index >= 15 is 0 Å². The Bertz CT molecular complexity index is 859. The van der Waals surface area contributed by atoms with Crippen LogP contribution in [0, 0.1) is 0 Å². The number of aromatic nitrogens is 2. The largest absolute Gasteiger partial charge is 0.357 e. The van der Waals surface area contributed by atoms with Crippen molar-refractivity contribution in [2.24, 2.45) is 0 Å². The second-order valence-electron chi connectivity index (χ2n) is 5.72. The fourth-order valence-corrected chi connectivity index (χ4v) is 3.46. The van der Waals surface area contributed by atoms with Crippen LogP contribution in [-0.4, -0.2) is 23.1 Å². The Labute approximate surface area is 144 Å². The average molecular weight is 344 g/mol. The molecule has 4 rings (SSSR count). The smallest absolute Gasteiger partial charge is 0.129 e. The predicted molar refractivity (Wildman–Crippen MR) is 96.4 cm³/mol. The van der Waals surface area contributed by atoms with Crippen LogP contribution >= 0.6 is 23.2 Å². The molecule has 5 heteroatoms. The Balaban J connectivity index is 2.01. The van der Waals surface area contributed by atoms with E-state index in [1.165, 1.54) is 12.8 Å². The molecule has 2 aromatic heterocycles. The molecule has 0 N–H and O–H groups in total. The molecule has 0 saturated carbocycles. The predicted octanol–water partition coefficient (Wildman–Crippen LogP) is 5.20. The summed E-state index contributed by atoms with van der Waals surface area (Å²) in [4.78, 5) is 11.2. The lowest BCUT2D eigenvalue weighted by molar-refractivity contribution is 0.944. The standard InChI is InChI=1S/C18H15Cl2N3/c19-15-4-3-13-14(12-5-7-21-8-6-12)11-16(22-18(13)17(15)20)23-9-1-2-10-23/h3-8,11H,1-2,9-10H2. The first-order valence-corrected chi connectivity index (χ1v) is 8.44. The van der Waals surface area contributed by atoms with Gasteiger partial charge in [-0.05, 0) is 48.2 Å².